The second-order valence-electron chi connectivity index (χ2n) is 4.39. The van der Waals surface area contributed by atoms with E-state index in [2.05, 4.69) is 5.32 Å². The summed E-state index contributed by atoms with van der Waals surface area (Å²) in [4.78, 5) is 27.4. The van der Waals surface area contributed by atoms with Gasteiger partial charge in [-0.05, 0) is 19.3 Å². The van der Waals surface area contributed by atoms with E-state index in [0.717, 1.165) is 25.9 Å². The number of urea groups is 1. The summed E-state index contributed by atoms with van der Waals surface area (Å²) in [6.07, 6.45) is 2.86. The molecule has 1 unspecified atom stereocenters. The number of hydrogen-bond acceptors (Lipinski definition) is 2. The van der Waals surface area contributed by atoms with E-state index >= 15 is 0 Å². The molecular weight excluding hydrogens is 206 g/mol. The van der Waals surface area contributed by atoms with E-state index in [9.17, 15) is 9.59 Å². The lowest BCUT2D eigenvalue weighted by atomic mass is 10.1. The fourth-order valence-electron chi connectivity index (χ4n) is 2.44. The zero-order valence-electron chi connectivity index (χ0n) is 9.74. The van der Waals surface area contributed by atoms with Crippen molar-refractivity contribution in [3.05, 3.63) is 0 Å². The lowest BCUT2D eigenvalue weighted by Crippen LogP contribution is -2.59. The molecule has 2 rings (SSSR count). The van der Waals surface area contributed by atoms with Crippen molar-refractivity contribution in [1.29, 1.82) is 0 Å². The van der Waals surface area contributed by atoms with E-state index in [4.69, 9.17) is 0 Å². The summed E-state index contributed by atoms with van der Waals surface area (Å²) >= 11 is 0. The van der Waals surface area contributed by atoms with Crippen molar-refractivity contribution >= 4 is 11.9 Å². The minimum absolute atomic E-state index is 0.0127. The molecule has 2 heterocycles. The van der Waals surface area contributed by atoms with Crippen molar-refractivity contribution < 1.29 is 9.59 Å². The summed E-state index contributed by atoms with van der Waals surface area (Å²) in [5.41, 5.74) is 0. The molecule has 0 aliphatic carbocycles. The second kappa shape index (κ2) is 4.72. The first-order chi connectivity index (χ1) is 7.74. The molecule has 0 aromatic carbocycles. The van der Waals surface area contributed by atoms with Gasteiger partial charge in [0.05, 0.1) is 0 Å². The van der Waals surface area contributed by atoms with E-state index in [-0.39, 0.29) is 18.0 Å². The SMILES string of the molecule is CCC1C(=O)NCCN1C(=O)N1CCCC1. The van der Waals surface area contributed by atoms with E-state index < -0.39 is 0 Å². The van der Waals surface area contributed by atoms with E-state index in [1.165, 1.54) is 0 Å². The summed E-state index contributed by atoms with van der Waals surface area (Å²) in [6.45, 7) is 4.84. The van der Waals surface area contributed by atoms with Gasteiger partial charge in [-0.2, -0.15) is 0 Å². The van der Waals surface area contributed by atoms with Crippen LogP contribution in [0.2, 0.25) is 0 Å². The van der Waals surface area contributed by atoms with Crippen LogP contribution in [-0.4, -0.2) is 54.0 Å². The fraction of sp³-hybridized carbons (Fsp3) is 0.818. The molecule has 5 nitrogen and oxygen atoms in total. The topological polar surface area (TPSA) is 52.7 Å². The Morgan fingerprint density at radius 3 is 2.69 bits per heavy atom. The molecule has 2 fully saturated rings. The first-order valence-electron chi connectivity index (χ1n) is 6.07. The van der Waals surface area contributed by atoms with Crippen molar-refractivity contribution in [2.75, 3.05) is 26.2 Å². The van der Waals surface area contributed by atoms with Gasteiger partial charge in [0.25, 0.3) is 0 Å². The van der Waals surface area contributed by atoms with Crippen molar-refractivity contribution in [2.24, 2.45) is 0 Å². The molecule has 3 amide bonds. The van der Waals surface area contributed by atoms with Crippen LogP contribution in [0.3, 0.4) is 0 Å². The van der Waals surface area contributed by atoms with Gasteiger partial charge in [0, 0.05) is 26.2 Å². The molecule has 2 aliphatic heterocycles. The predicted molar refractivity (Wildman–Crippen MR) is 60.0 cm³/mol. The highest BCUT2D eigenvalue weighted by molar-refractivity contribution is 5.88. The number of amides is 3. The first-order valence-corrected chi connectivity index (χ1v) is 6.07. The maximum absolute atomic E-state index is 12.2. The molecule has 1 atom stereocenters. The predicted octanol–water partition coefficient (Wildman–Crippen LogP) is 0.413. The third-order valence-corrected chi connectivity index (χ3v) is 3.34. The second-order valence-corrected chi connectivity index (χ2v) is 4.39. The van der Waals surface area contributed by atoms with Crippen LogP contribution >= 0.6 is 0 Å². The minimum Gasteiger partial charge on any atom is -0.353 e. The van der Waals surface area contributed by atoms with Crippen molar-refractivity contribution in [1.82, 2.24) is 15.1 Å². The molecule has 1 N–H and O–H groups in total. The number of nitrogens with zero attached hydrogens (tertiary/aromatic N) is 2. The van der Waals surface area contributed by atoms with Gasteiger partial charge in [0.1, 0.15) is 6.04 Å². The molecule has 0 aromatic rings. The largest absolute Gasteiger partial charge is 0.353 e. The molecule has 5 heteroatoms. The van der Waals surface area contributed by atoms with Crippen LogP contribution in [0.5, 0.6) is 0 Å². The van der Waals surface area contributed by atoms with Crippen LogP contribution in [-0.2, 0) is 4.79 Å². The minimum atomic E-state index is -0.276. The van der Waals surface area contributed by atoms with Crippen molar-refractivity contribution in [3.8, 4) is 0 Å². The Hall–Kier alpha value is -1.26. The van der Waals surface area contributed by atoms with E-state index in [1.54, 1.807) is 4.90 Å². The summed E-state index contributed by atoms with van der Waals surface area (Å²) < 4.78 is 0. The Morgan fingerprint density at radius 1 is 1.38 bits per heavy atom. The third kappa shape index (κ3) is 1.99. The van der Waals surface area contributed by atoms with Crippen LogP contribution in [0.4, 0.5) is 4.79 Å². The fourth-order valence-corrected chi connectivity index (χ4v) is 2.44. The zero-order chi connectivity index (χ0) is 11.5. The maximum atomic E-state index is 12.2. The lowest BCUT2D eigenvalue weighted by Gasteiger charge is -2.36. The molecular formula is C11H19N3O2. The summed E-state index contributed by atoms with van der Waals surface area (Å²) in [5, 5.41) is 2.81. The Morgan fingerprint density at radius 2 is 2.06 bits per heavy atom. The van der Waals surface area contributed by atoms with Crippen LogP contribution in [0.25, 0.3) is 0 Å². The maximum Gasteiger partial charge on any atom is 0.320 e. The van der Waals surface area contributed by atoms with Gasteiger partial charge in [-0.1, -0.05) is 6.92 Å². The number of piperazine rings is 1. The number of nitrogens with one attached hydrogen (secondary N) is 1. The number of hydrogen-bond donors (Lipinski definition) is 1. The average Bonchev–Trinajstić information content (AvgIpc) is 2.81. The van der Waals surface area contributed by atoms with E-state index in [0.29, 0.717) is 19.5 Å². The van der Waals surface area contributed by atoms with Crippen molar-refractivity contribution in [3.63, 3.8) is 0 Å². The Bertz CT molecular complexity index is 287. The van der Waals surface area contributed by atoms with Gasteiger partial charge in [-0.25, -0.2) is 4.79 Å². The zero-order valence-corrected chi connectivity index (χ0v) is 9.74. The molecule has 2 aliphatic rings. The molecule has 0 spiro atoms. The summed E-state index contributed by atoms with van der Waals surface area (Å²) in [5.74, 6) is -0.0127. The molecule has 0 aromatic heterocycles. The molecule has 90 valence electrons. The van der Waals surface area contributed by atoms with Crippen LogP contribution in [0, 0.1) is 0 Å². The van der Waals surface area contributed by atoms with Gasteiger partial charge in [0.15, 0.2) is 0 Å². The number of rotatable bonds is 1. The lowest BCUT2D eigenvalue weighted by molar-refractivity contribution is -0.127. The molecule has 0 saturated carbocycles. The quantitative estimate of drug-likeness (QED) is 0.703. The van der Waals surface area contributed by atoms with E-state index in [1.807, 2.05) is 11.8 Å². The van der Waals surface area contributed by atoms with Gasteiger partial charge >= 0.3 is 6.03 Å². The van der Waals surface area contributed by atoms with Crippen LogP contribution in [0.1, 0.15) is 26.2 Å². The smallest absolute Gasteiger partial charge is 0.320 e. The highest BCUT2D eigenvalue weighted by Gasteiger charge is 2.34. The highest BCUT2D eigenvalue weighted by Crippen LogP contribution is 2.15. The van der Waals surface area contributed by atoms with Crippen molar-refractivity contribution in [2.45, 2.75) is 32.2 Å². The molecule has 16 heavy (non-hydrogen) atoms. The molecule has 2 saturated heterocycles. The Labute approximate surface area is 95.8 Å². The van der Waals surface area contributed by atoms with Gasteiger partial charge < -0.3 is 15.1 Å². The number of carbonyl (C=O) groups excluding carboxylic acids is 2. The standard InChI is InChI=1S/C11H19N3O2/c1-2-9-10(15)12-5-8-14(9)11(16)13-6-3-4-7-13/h9H,2-8H2,1H3,(H,12,15). The van der Waals surface area contributed by atoms with Crippen LogP contribution in [0.15, 0.2) is 0 Å². The Balaban J connectivity index is 2.05. The van der Waals surface area contributed by atoms with Gasteiger partial charge in [0.2, 0.25) is 5.91 Å². The van der Waals surface area contributed by atoms with Crippen LogP contribution < -0.4 is 5.32 Å². The summed E-state index contributed by atoms with van der Waals surface area (Å²) in [6, 6.07) is -0.235. The first kappa shape index (κ1) is 11.2. The molecule has 0 bridgehead atoms. The van der Waals surface area contributed by atoms with Gasteiger partial charge in [-0.3, -0.25) is 4.79 Å². The molecule has 0 radical (unpaired) electrons. The average molecular weight is 225 g/mol. The Kier molecular flexibility index (Phi) is 3.31. The monoisotopic (exact) mass is 225 g/mol. The summed E-state index contributed by atoms with van der Waals surface area (Å²) in [7, 11) is 0. The highest BCUT2D eigenvalue weighted by atomic mass is 16.2. The van der Waals surface area contributed by atoms with Gasteiger partial charge in [-0.15, -0.1) is 0 Å². The normalized spacial score (nSPS) is 25.8. The number of carbonyl (C=O) groups is 2. The number of likely N-dealkylation sites (tertiary alicyclic amines) is 1. The third-order valence-electron chi connectivity index (χ3n) is 3.34.